The Kier molecular flexibility index (Phi) is 7.89. The van der Waals surface area contributed by atoms with Gasteiger partial charge in [-0.2, -0.15) is 0 Å². The third kappa shape index (κ3) is 5.78. The first-order valence-electron chi connectivity index (χ1n) is 12.6. The van der Waals surface area contributed by atoms with Crippen molar-refractivity contribution in [2.24, 2.45) is 0 Å². The van der Waals surface area contributed by atoms with Gasteiger partial charge in [0.1, 0.15) is 5.54 Å². The molecule has 7 nitrogen and oxygen atoms in total. The number of amides is 3. The van der Waals surface area contributed by atoms with Crippen molar-refractivity contribution < 1.29 is 14.4 Å². The predicted molar refractivity (Wildman–Crippen MR) is 157 cm³/mol. The van der Waals surface area contributed by atoms with Crippen molar-refractivity contribution in [2.75, 3.05) is 23.7 Å². The maximum atomic E-state index is 13.7. The minimum atomic E-state index is -1.24. The van der Waals surface area contributed by atoms with E-state index in [0.717, 1.165) is 22.9 Å². The molecular formula is C29H27BrCl2N4O3. The van der Waals surface area contributed by atoms with Gasteiger partial charge in [-0.3, -0.25) is 14.4 Å². The summed E-state index contributed by atoms with van der Waals surface area (Å²) in [5.74, 6) is -0.558. The molecule has 1 fully saturated rings. The SMILES string of the molecule is CC(=O)N1CCCC(NC(=O)c2ccc(Br)cc2NC2(Cc3cccc(Cl)c3)C(=O)Nc3cc(Cl)ccc32)C1. The van der Waals surface area contributed by atoms with Crippen molar-refractivity contribution >= 4 is 68.2 Å². The Balaban J connectivity index is 1.52. The van der Waals surface area contributed by atoms with Gasteiger partial charge in [-0.1, -0.05) is 57.3 Å². The molecule has 10 heteroatoms. The average Bonchev–Trinajstić information content (AvgIpc) is 3.13. The van der Waals surface area contributed by atoms with Crippen molar-refractivity contribution in [1.82, 2.24) is 10.2 Å². The molecule has 0 spiro atoms. The van der Waals surface area contributed by atoms with Crippen LogP contribution >= 0.6 is 39.1 Å². The maximum Gasteiger partial charge on any atom is 0.255 e. The number of nitrogens with zero attached hydrogens (tertiary/aromatic N) is 1. The lowest BCUT2D eigenvalue weighted by atomic mass is 9.84. The highest BCUT2D eigenvalue weighted by Crippen LogP contribution is 2.43. The van der Waals surface area contributed by atoms with E-state index in [1.54, 1.807) is 41.3 Å². The number of carbonyl (C=O) groups is 3. The minimum absolute atomic E-state index is 0.00563. The number of fused-ring (bicyclic) bond motifs is 1. The Labute approximate surface area is 245 Å². The molecule has 5 rings (SSSR count). The molecular weight excluding hydrogens is 603 g/mol. The normalized spacial score (nSPS) is 20.3. The van der Waals surface area contributed by atoms with Crippen molar-refractivity contribution in [3.8, 4) is 0 Å². The van der Waals surface area contributed by atoms with Gasteiger partial charge >= 0.3 is 0 Å². The molecule has 202 valence electrons. The zero-order valence-electron chi connectivity index (χ0n) is 21.2. The molecule has 0 radical (unpaired) electrons. The summed E-state index contributed by atoms with van der Waals surface area (Å²) in [6.07, 6.45) is 1.88. The molecule has 2 aliphatic rings. The lowest BCUT2D eigenvalue weighted by Crippen LogP contribution is -2.49. The van der Waals surface area contributed by atoms with E-state index in [1.165, 1.54) is 6.92 Å². The predicted octanol–water partition coefficient (Wildman–Crippen LogP) is 6.00. The molecule has 2 aliphatic heterocycles. The molecule has 0 bridgehead atoms. The van der Waals surface area contributed by atoms with Crippen LogP contribution in [0.1, 0.15) is 41.3 Å². The van der Waals surface area contributed by atoms with Gasteiger partial charge in [-0.25, -0.2) is 0 Å². The number of benzene rings is 3. The van der Waals surface area contributed by atoms with Crippen LogP contribution in [0.5, 0.6) is 0 Å². The highest BCUT2D eigenvalue weighted by molar-refractivity contribution is 9.10. The van der Waals surface area contributed by atoms with Crippen molar-refractivity contribution in [3.05, 3.63) is 91.9 Å². The molecule has 3 aromatic carbocycles. The number of nitrogens with one attached hydrogen (secondary N) is 3. The third-order valence-electron chi connectivity index (χ3n) is 7.21. The van der Waals surface area contributed by atoms with Gasteiger partial charge in [-0.05, 0) is 60.9 Å². The van der Waals surface area contributed by atoms with E-state index in [4.69, 9.17) is 23.2 Å². The van der Waals surface area contributed by atoms with Crippen LogP contribution in [-0.2, 0) is 21.5 Å². The van der Waals surface area contributed by atoms with Crippen LogP contribution in [-0.4, -0.2) is 41.8 Å². The van der Waals surface area contributed by atoms with Gasteiger partial charge in [-0.15, -0.1) is 0 Å². The second kappa shape index (κ2) is 11.2. The van der Waals surface area contributed by atoms with Crippen LogP contribution in [0.3, 0.4) is 0 Å². The zero-order valence-corrected chi connectivity index (χ0v) is 24.3. The number of halogens is 3. The van der Waals surface area contributed by atoms with Crippen molar-refractivity contribution in [1.29, 1.82) is 0 Å². The van der Waals surface area contributed by atoms with Gasteiger partial charge in [0.05, 0.1) is 5.56 Å². The fourth-order valence-corrected chi connectivity index (χ4v) is 6.08. The highest BCUT2D eigenvalue weighted by Gasteiger charge is 2.47. The zero-order chi connectivity index (χ0) is 27.7. The summed E-state index contributed by atoms with van der Waals surface area (Å²) in [4.78, 5) is 40.9. The smallest absolute Gasteiger partial charge is 0.255 e. The fourth-order valence-electron chi connectivity index (χ4n) is 5.33. The fraction of sp³-hybridized carbons (Fsp3) is 0.276. The molecule has 0 saturated carbocycles. The Morgan fingerprint density at radius 2 is 1.90 bits per heavy atom. The lowest BCUT2D eigenvalue weighted by Gasteiger charge is -2.33. The topological polar surface area (TPSA) is 90.5 Å². The van der Waals surface area contributed by atoms with Crippen LogP contribution in [0, 0.1) is 0 Å². The third-order valence-corrected chi connectivity index (χ3v) is 8.18. The quantitative estimate of drug-likeness (QED) is 0.312. The van der Waals surface area contributed by atoms with Gasteiger partial charge in [0, 0.05) is 63.9 Å². The second-order valence-electron chi connectivity index (χ2n) is 9.95. The first kappa shape index (κ1) is 27.5. The monoisotopic (exact) mass is 628 g/mol. The highest BCUT2D eigenvalue weighted by atomic mass is 79.9. The summed E-state index contributed by atoms with van der Waals surface area (Å²) in [6, 6.07) is 17.8. The second-order valence-corrected chi connectivity index (χ2v) is 11.7. The molecule has 2 unspecified atom stereocenters. The summed E-state index contributed by atoms with van der Waals surface area (Å²) in [6.45, 7) is 2.70. The number of hydrogen-bond donors (Lipinski definition) is 3. The standard InChI is InChI=1S/C29H27BrCl2N4O3/c1-17(37)36-11-3-6-22(16-36)33-27(38)23-9-7-19(30)13-25(23)35-29(15-18-4-2-5-20(31)12-18)24-10-8-21(32)14-26(24)34-28(29)39/h2,4-5,7-10,12-14,22,35H,3,6,11,15-16H2,1H3,(H,33,38)(H,34,39). The molecule has 39 heavy (non-hydrogen) atoms. The molecule has 3 amide bonds. The van der Waals surface area contributed by atoms with E-state index in [-0.39, 0.29) is 30.2 Å². The average molecular weight is 630 g/mol. The molecule has 3 N–H and O–H groups in total. The molecule has 2 heterocycles. The summed E-state index contributed by atoms with van der Waals surface area (Å²) in [5.41, 5.74) is 1.80. The van der Waals surface area contributed by atoms with E-state index in [2.05, 4.69) is 31.9 Å². The first-order valence-corrected chi connectivity index (χ1v) is 14.2. The maximum absolute atomic E-state index is 13.7. The lowest BCUT2D eigenvalue weighted by molar-refractivity contribution is -0.130. The van der Waals surface area contributed by atoms with Crippen LogP contribution in [0.4, 0.5) is 11.4 Å². The number of hydrogen-bond acceptors (Lipinski definition) is 4. The van der Waals surface area contributed by atoms with Crippen LogP contribution in [0.15, 0.2) is 65.1 Å². The van der Waals surface area contributed by atoms with E-state index >= 15 is 0 Å². The molecule has 1 saturated heterocycles. The number of rotatable bonds is 6. The number of likely N-dealkylation sites (tertiary alicyclic amines) is 1. The number of piperidine rings is 1. The van der Waals surface area contributed by atoms with E-state index < -0.39 is 5.54 Å². The molecule has 0 aliphatic carbocycles. The Hall–Kier alpha value is -3.07. The van der Waals surface area contributed by atoms with Crippen LogP contribution in [0.25, 0.3) is 0 Å². The molecule has 0 aromatic heterocycles. The van der Waals surface area contributed by atoms with Gasteiger partial charge < -0.3 is 20.9 Å². The van der Waals surface area contributed by atoms with Crippen molar-refractivity contribution in [3.63, 3.8) is 0 Å². The van der Waals surface area contributed by atoms with Crippen molar-refractivity contribution in [2.45, 2.75) is 37.8 Å². The summed E-state index contributed by atoms with van der Waals surface area (Å²) in [7, 11) is 0. The molecule has 3 aromatic rings. The number of carbonyl (C=O) groups excluding carboxylic acids is 3. The largest absolute Gasteiger partial charge is 0.367 e. The number of anilines is 2. The van der Waals surface area contributed by atoms with E-state index in [1.807, 2.05) is 24.3 Å². The van der Waals surface area contributed by atoms with E-state index in [0.29, 0.717) is 45.6 Å². The Morgan fingerprint density at radius 1 is 1.10 bits per heavy atom. The van der Waals surface area contributed by atoms with Crippen LogP contribution < -0.4 is 16.0 Å². The Morgan fingerprint density at radius 3 is 2.67 bits per heavy atom. The van der Waals surface area contributed by atoms with E-state index in [9.17, 15) is 14.4 Å². The Bertz CT molecular complexity index is 1470. The van der Waals surface area contributed by atoms with Gasteiger partial charge in [0.15, 0.2) is 0 Å². The van der Waals surface area contributed by atoms with Gasteiger partial charge in [0.2, 0.25) is 5.91 Å². The summed E-state index contributed by atoms with van der Waals surface area (Å²) < 4.78 is 0.745. The van der Waals surface area contributed by atoms with Crippen LogP contribution in [0.2, 0.25) is 10.0 Å². The summed E-state index contributed by atoms with van der Waals surface area (Å²) in [5, 5.41) is 10.6. The minimum Gasteiger partial charge on any atom is -0.367 e. The first-order chi connectivity index (χ1) is 18.6. The van der Waals surface area contributed by atoms with Gasteiger partial charge in [0.25, 0.3) is 11.8 Å². The summed E-state index contributed by atoms with van der Waals surface area (Å²) >= 11 is 16.0. The molecule has 2 atom stereocenters.